The molecule has 0 saturated heterocycles. The summed E-state index contributed by atoms with van der Waals surface area (Å²) < 4.78 is 0. The Bertz CT molecular complexity index is 1100. The number of nitrogens with zero attached hydrogens (tertiary/aromatic N) is 1. The number of amides is 1. The van der Waals surface area contributed by atoms with Crippen LogP contribution in [0.3, 0.4) is 0 Å². The Morgan fingerprint density at radius 2 is 1.72 bits per heavy atom. The number of nitrogens with one attached hydrogen (secondary N) is 1. The van der Waals surface area contributed by atoms with Crippen molar-refractivity contribution in [3.63, 3.8) is 0 Å². The van der Waals surface area contributed by atoms with Crippen molar-refractivity contribution in [3.05, 3.63) is 95.4 Å². The lowest BCUT2D eigenvalue weighted by Crippen LogP contribution is -2.12. The summed E-state index contributed by atoms with van der Waals surface area (Å²) in [5, 5.41) is 6.06. The molecule has 1 amide bonds. The summed E-state index contributed by atoms with van der Waals surface area (Å²) in [6, 6.07) is 26.3. The Balaban J connectivity index is 1.37. The van der Waals surface area contributed by atoms with E-state index in [1.807, 2.05) is 48.5 Å². The lowest BCUT2D eigenvalue weighted by Gasteiger charge is -2.07. The van der Waals surface area contributed by atoms with Crippen molar-refractivity contribution in [2.24, 2.45) is 0 Å². The Kier molecular flexibility index (Phi) is 5.82. The van der Waals surface area contributed by atoms with Crippen LogP contribution in [0.15, 0.2) is 84.2 Å². The second-order valence-corrected chi connectivity index (χ2v) is 7.88. The molecule has 0 atom stereocenters. The maximum absolute atomic E-state index is 12.3. The average molecular weight is 399 g/mol. The zero-order chi connectivity index (χ0) is 20.1. The minimum Gasteiger partial charge on any atom is -0.326 e. The first-order chi connectivity index (χ1) is 14.2. The van der Waals surface area contributed by atoms with E-state index in [4.69, 9.17) is 4.98 Å². The summed E-state index contributed by atoms with van der Waals surface area (Å²) in [4.78, 5) is 17.0. The maximum atomic E-state index is 12.3. The van der Waals surface area contributed by atoms with Crippen LogP contribution in [0.1, 0.15) is 17.5 Å². The summed E-state index contributed by atoms with van der Waals surface area (Å²) in [5.74, 6) is 0.0271. The molecule has 0 spiro atoms. The van der Waals surface area contributed by atoms with Crippen molar-refractivity contribution in [1.82, 2.24) is 4.98 Å². The smallest absolute Gasteiger partial charge is 0.224 e. The molecule has 29 heavy (non-hydrogen) atoms. The molecule has 0 bridgehead atoms. The fourth-order valence-electron chi connectivity index (χ4n) is 3.19. The molecule has 0 aliphatic rings. The van der Waals surface area contributed by atoms with Gasteiger partial charge in [0.2, 0.25) is 5.91 Å². The normalized spacial score (nSPS) is 10.7. The predicted molar refractivity (Wildman–Crippen MR) is 121 cm³/mol. The number of anilines is 1. The van der Waals surface area contributed by atoms with Crippen LogP contribution in [0.25, 0.3) is 21.8 Å². The zero-order valence-electron chi connectivity index (χ0n) is 16.3. The summed E-state index contributed by atoms with van der Waals surface area (Å²) >= 11 is 1.64. The third-order valence-corrected chi connectivity index (χ3v) is 5.60. The van der Waals surface area contributed by atoms with Crippen LogP contribution in [0.4, 0.5) is 5.69 Å². The summed E-state index contributed by atoms with van der Waals surface area (Å²) in [5.41, 5.74) is 6.33. The van der Waals surface area contributed by atoms with Gasteiger partial charge in [0.05, 0.1) is 5.69 Å². The van der Waals surface area contributed by atoms with E-state index < -0.39 is 0 Å². The van der Waals surface area contributed by atoms with E-state index in [1.54, 1.807) is 11.3 Å². The highest BCUT2D eigenvalue weighted by Gasteiger charge is 2.08. The quantitative estimate of drug-likeness (QED) is 0.411. The molecular weight excluding hydrogens is 376 g/mol. The van der Waals surface area contributed by atoms with Gasteiger partial charge in [-0.3, -0.25) is 4.79 Å². The third kappa shape index (κ3) is 4.98. The molecule has 0 radical (unpaired) electrons. The molecular formula is C25H22N2OS. The number of carbonyl (C=O) groups excluding carboxylic acids is 1. The minimum atomic E-state index is 0.0271. The molecule has 1 heterocycles. The number of hydrogen-bond donors (Lipinski definition) is 1. The zero-order valence-corrected chi connectivity index (χ0v) is 17.1. The first-order valence-corrected chi connectivity index (χ1v) is 10.5. The van der Waals surface area contributed by atoms with Gasteiger partial charge in [-0.2, -0.15) is 0 Å². The molecule has 0 aliphatic heterocycles. The molecule has 0 saturated carbocycles. The molecule has 0 unspecified atom stereocenters. The molecule has 4 rings (SSSR count). The van der Waals surface area contributed by atoms with Crippen molar-refractivity contribution in [3.8, 4) is 21.8 Å². The van der Waals surface area contributed by atoms with Crippen LogP contribution in [0, 0.1) is 6.92 Å². The second kappa shape index (κ2) is 8.84. The fourth-order valence-corrected chi connectivity index (χ4v) is 4.03. The van der Waals surface area contributed by atoms with E-state index in [1.165, 1.54) is 11.1 Å². The molecule has 0 aliphatic carbocycles. The average Bonchev–Trinajstić information content (AvgIpc) is 3.24. The number of thiazole rings is 1. The van der Waals surface area contributed by atoms with Crippen molar-refractivity contribution in [1.29, 1.82) is 0 Å². The topological polar surface area (TPSA) is 42.0 Å². The highest BCUT2D eigenvalue weighted by Crippen LogP contribution is 2.29. The van der Waals surface area contributed by atoms with Crippen molar-refractivity contribution in [2.75, 3.05) is 5.32 Å². The van der Waals surface area contributed by atoms with Crippen LogP contribution >= 0.6 is 11.3 Å². The molecule has 1 N–H and O–H groups in total. The van der Waals surface area contributed by atoms with Gasteiger partial charge in [0.1, 0.15) is 5.01 Å². The maximum Gasteiger partial charge on any atom is 0.224 e. The molecule has 1 aromatic heterocycles. The van der Waals surface area contributed by atoms with E-state index in [2.05, 4.69) is 48.0 Å². The molecule has 3 aromatic carbocycles. The first kappa shape index (κ1) is 19.1. The van der Waals surface area contributed by atoms with Gasteiger partial charge >= 0.3 is 0 Å². The van der Waals surface area contributed by atoms with Crippen molar-refractivity contribution < 1.29 is 4.79 Å². The molecule has 4 aromatic rings. The molecule has 3 nitrogen and oxygen atoms in total. The van der Waals surface area contributed by atoms with Gasteiger partial charge in [-0.15, -0.1) is 11.3 Å². The number of benzene rings is 3. The standard InChI is InChI=1S/C25H22N2OS/c1-18-6-5-7-19(16-18)10-15-24(28)26-22-13-11-20(12-14-22)23-17-29-25(27-23)21-8-3-2-4-9-21/h2-9,11-14,16-17H,10,15H2,1H3,(H,26,28). The Hall–Kier alpha value is -3.24. The number of aryl methyl sites for hydroxylation is 2. The lowest BCUT2D eigenvalue weighted by atomic mass is 10.1. The molecule has 144 valence electrons. The number of hydrogen-bond acceptors (Lipinski definition) is 3. The van der Waals surface area contributed by atoms with Gasteiger partial charge in [0, 0.05) is 28.6 Å². The number of carbonyl (C=O) groups is 1. The van der Waals surface area contributed by atoms with Gasteiger partial charge in [-0.25, -0.2) is 4.98 Å². The number of rotatable bonds is 6. The highest BCUT2D eigenvalue weighted by atomic mass is 32.1. The van der Waals surface area contributed by atoms with E-state index in [-0.39, 0.29) is 5.91 Å². The second-order valence-electron chi connectivity index (χ2n) is 7.02. The highest BCUT2D eigenvalue weighted by molar-refractivity contribution is 7.13. The van der Waals surface area contributed by atoms with Crippen LogP contribution < -0.4 is 5.32 Å². The Labute approximate surface area is 175 Å². The van der Waals surface area contributed by atoms with Crippen molar-refractivity contribution in [2.45, 2.75) is 19.8 Å². The Morgan fingerprint density at radius 1 is 0.931 bits per heavy atom. The van der Waals surface area contributed by atoms with Crippen LogP contribution in [-0.2, 0) is 11.2 Å². The third-order valence-electron chi connectivity index (χ3n) is 4.71. The molecule has 0 fully saturated rings. The largest absolute Gasteiger partial charge is 0.326 e. The van der Waals surface area contributed by atoms with Crippen molar-refractivity contribution >= 4 is 22.9 Å². The van der Waals surface area contributed by atoms with E-state index in [0.29, 0.717) is 6.42 Å². The van der Waals surface area contributed by atoms with E-state index in [9.17, 15) is 4.79 Å². The Morgan fingerprint density at radius 3 is 2.48 bits per heavy atom. The van der Waals surface area contributed by atoms with Gasteiger partial charge in [0.25, 0.3) is 0 Å². The number of aromatic nitrogens is 1. The van der Waals surface area contributed by atoms with Crippen LogP contribution in [-0.4, -0.2) is 10.9 Å². The SMILES string of the molecule is Cc1cccc(CCC(=O)Nc2ccc(-c3csc(-c4ccccc4)n3)cc2)c1. The summed E-state index contributed by atoms with van der Waals surface area (Å²) in [6.45, 7) is 2.07. The molecule has 4 heteroatoms. The van der Waals surface area contributed by atoms with E-state index >= 15 is 0 Å². The van der Waals surface area contributed by atoms with Gasteiger partial charge in [0.15, 0.2) is 0 Å². The predicted octanol–water partition coefficient (Wildman–Crippen LogP) is 6.36. The van der Waals surface area contributed by atoms with Gasteiger partial charge in [-0.1, -0.05) is 72.3 Å². The summed E-state index contributed by atoms with van der Waals surface area (Å²) in [7, 11) is 0. The van der Waals surface area contributed by atoms with Crippen LogP contribution in [0.5, 0.6) is 0 Å². The monoisotopic (exact) mass is 398 g/mol. The lowest BCUT2D eigenvalue weighted by molar-refractivity contribution is -0.116. The fraction of sp³-hybridized carbons (Fsp3) is 0.120. The first-order valence-electron chi connectivity index (χ1n) is 9.64. The minimum absolute atomic E-state index is 0.0271. The van der Waals surface area contributed by atoms with E-state index in [0.717, 1.165) is 33.9 Å². The summed E-state index contributed by atoms with van der Waals surface area (Å²) in [6.07, 6.45) is 1.21. The van der Waals surface area contributed by atoms with Gasteiger partial charge < -0.3 is 5.32 Å². The van der Waals surface area contributed by atoms with Gasteiger partial charge in [-0.05, 0) is 31.0 Å². The van der Waals surface area contributed by atoms with Crippen LogP contribution in [0.2, 0.25) is 0 Å².